The van der Waals surface area contributed by atoms with Crippen LogP contribution in [-0.4, -0.2) is 16.7 Å². The van der Waals surface area contributed by atoms with E-state index in [4.69, 9.17) is 5.73 Å². The number of fused-ring (bicyclic) bond motifs is 1. The molecule has 0 saturated heterocycles. The number of rotatable bonds is 2. The highest BCUT2D eigenvalue weighted by atomic mass is 15.1. The summed E-state index contributed by atoms with van der Waals surface area (Å²) in [6, 6.07) is 6.07. The lowest BCUT2D eigenvalue weighted by molar-refractivity contribution is 1.12. The molecule has 3 N–H and O–H groups in total. The topological polar surface area (TPSA) is 54.7 Å². The first-order chi connectivity index (χ1) is 6.42. The van der Waals surface area contributed by atoms with Gasteiger partial charge in [-0.2, -0.15) is 5.10 Å². The Morgan fingerprint density at radius 2 is 2.38 bits per heavy atom. The van der Waals surface area contributed by atoms with Crippen LogP contribution in [0.25, 0.3) is 17.0 Å². The van der Waals surface area contributed by atoms with Gasteiger partial charge in [0.15, 0.2) is 0 Å². The third-order valence-electron chi connectivity index (χ3n) is 1.94. The predicted octanol–water partition coefficient (Wildman–Crippen LogP) is 1.53. The summed E-state index contributed by atoms with van der Waals surface area (Å²) < 4.78 is 0. The zero-order chi connectivity index (χ0) is 9.10. The molecule has 0 amide bonds. The van der Waals surface area contributed by atoms with Gasteiger partial charge in [-0.3, -0.25) is 5.10 Å². The van der Waals surface area contributed by atoms with E-state index in [-0.39, 0.29) is 0 Å². The molecule has 1 heterocycles. The average Bonchev–Trinajstić information content (AvgIpc) is 2.62. The van der Waals surface area contributed by atoms with Crippen molar-refractivity contribution in [3.63, 3.8) is 0 Å². The number of nitrogens with two attached hydrogens (primary N) is 1. The average molecular weight is 173 g/mol. The molecule has 0 fully saturated rings. The zero-order valence-electron chi connectivity index (χ0n) is 7.20. The van der Waals surface area contributed by atoms with E-state index in [2.05, 4.69) is 10.2 Å². The summed E-state index contributed by atoms with van der Waals surface area (Å²) in [4.78, 5) is 0. The maximum atomic E-state index is 5.38. The Hall–Kier alpha value is -1.61. The molecule has 0 spiro atoms. The van der Waals surface area contributed by atoms with Crippen molar-refractivity contribution in [3.05, 3.63) is 36.0 Å². The molecule has 1 aromatic heterocycles. The molecule has 2 rings (SSSR count). The SMILES string of the molecule is NC/C=C/c1cccc2cn[nH]c12. The molecule has 13 heavy (non-hydrogen) atoms. The summed E-state index contributed by atoms with van der Waals surface area (Å²) in [5, 5.41) is 8.06. The van der Waals surface area contributed by atoms with E-state index in [1.807, 2.05) is 36.5 Å². The summed E-state index contributed by atoms with van der Waals surface area (Å²) in [5.41, 5.74) is 7.57. The first kappa shape index (κ1) is 8.01. The van der Waals surface area contributed by atoms with E-state index in [1.54, 1.807) is 0 Å². The van der Waals surface area contributed by atoms with Crippen LogP contribution in [0.15, 0.2) is 30.5 Å². The number of hydrogen-bond acceptors (Lipinski definition) is 2. The third kappa shape index (κ3) is 1.46. The molecule has 0 aliphatic carbocycles. The fraction of sp³-hybridized carbons (Fsp3) is 0.100. The van der Waals surface area contributed by atoms with Gasteiger partial charge in [0.05, 0.1) is 11.7 Å². The van der Waals surface area contributed by atoms with Crippen molar-refractivity contribution in [2.45, 2.75) is 0 Å². The Labute approximate surface area is 76.3 Å². The second kappa shape index (κ2) is 3.41. The van der Waals surface area contributed by atoms with Crippen LogP contribution >= 0.6 is 0 Å². The number of aromatic amines is 1. The highest BCUT2D eigenvalue weighted by Crippen LogP contribution is 2.16. The van der Waals surface area contributed by atoms with Crippen molar-refractivity contribution < 1.29 is 0 Å². The summed E-state index contributed by atoms with van der Waals surface area (Å²) in [5.74, 6) is 0. The lowest BCUT2D eigenvalue weighted by Crippen LogP contribution is -1.92. The van der Waals surface area contributed by atoms with Gasteiger partial charge in [-0.05, 0) is 5.56 Å². The zero-order valence-corrected chi connectivity index (χ0v) is 7.20. The first-order valence-electron chi connectivity index (χ1n) is 4.20. The van der Waals surface area contributed by atoms with Crippen LogP contribution in [-0.2, 0) is 0 Å². The number of nitrogens with zero attached hydrogens (tertiary/aromatic N) is 1. The molecule has 3 heteroatoms. The van der Waals surface area contributed by atoms with Crippen molar-refractivity contribution in [2.75, 3.05) is 6.54 Å². The number of H-pyrrole nitrogens is 1. The van der Waals surface area contributed by atoms with Gasteiger partial charge in [-0.15, -0.1) is 0 Å². The van der Waals surface area contributed by atoms with Gasteiger partial charge < -0.3 is 5.73 Å². The molecule has 0 atom stereocenters. The van der Waals surface area contributed by atoms with E-state index in [0.29, 0.717) is 6.54 Å². The third-order valence-corrected chi connectivity index (χ3v) is 1.94. The number of benzene rings is 1. The molecule has 66 valence electrons. The summed E-state index contributed by atoms with van der Waals surface area (Å²) in [6.07, 6.45) is 5.74. The number of hydrogen-bond donors (Lipinski definition) is 2. The maximum Gasteiger partial charge on any atom is 0.0722 e. The highest BCUT2D eigenvalue weighted by Gasteiger charge is 1.97. The van der Waals surface area contributed by atoms with Gasteiger partial charge in [0.1, 0.15) is 0 Å². The van der Waals surface area contributed by atoms with E-state index < -0.39 is 0 Å². The standard InChI is InChI=1S/C10H11N3/c11-6-2-5-8-3-1-4-9-7-12-13-10(8)9/h1-5,7H,6,11H2,(H,12,13)/b5-2+. The molecule has 0 aliphatic heterocycles. The van der Waals surface area contributed by atoms with Crippen LogP contribution in [0.4, 0.5) is 0 Å². The summed E-state index contributed by atoms with van der Waals surface area (Å²) in [6.45, 7) is 0.560. The van der Waals surface area contributed by atoms with Crippen LogP contribution in [0.1, 0.15) is 5.56 Å². The van der Waals surface area contributed by atoms with E-state index in [9.17, 15) is 0 Å². The molecule has 0 unspecified atom stereocenters. The minimum Gasteiger partial charge on any atom is -0.327 e. The minimum absolute atomic E-state index is 0.560. The summed E-state index contributed by atoms with van der Waals surface area (Å²) >= 11 is 0. The van der Waals surface area contributed by atoms with Gasteiger partial charge in [0, 0.05) is 11.9 Å². The van der Waals surface area contributed by atoms with Crippen molar-refractivity contribution in [1.82, 2.24) is 10.2 Å². The van der Waals surface area contributed by atoms with Gasteiger partial charge >= 0.3 is 0 Å². The van der Waals surface area contributed by atoms with Crippen LogP contribution in [0.3, 0.4) is 0 Å². The molecular formula is C10H11N3. The smallest absolute Gasteiger partial charge is 0.0722 e. The molecule has 0 bridgehead atoms. The van der Waals surface area contributed by atoms with Gasteiger partial charge in [-0.25, -0.2) is 0 Å². The van der Waals surface area contributed by atoms with Crippen molar-refractivity contribution in [2.24, 2.45) is 5.73 Å². The molecule has 2 aromatic rings. The van der Waals surface area contributed by atoms with Crippen molar-refractivity contribution in [1.29, 1.82) is 0 Å². The monoisotopic (exact) mass is 173 g/mol. The Kier molecular flexibility index (Phi) is 2.10. The largest absolute Gasteiger partial charge is 0.327 e. The Morgan fingerprint density at radius 1 is 1.46 bits per heavy atom. The molecule has 3 nitrogen and oxygen atoms in total. The normalized spacial score (nSPS) is 11.5. The quantitative estimate of drug-likeness (QED) is 0.723. The fourth-order valence-electron chi connectivity index (χ4n) is 1.33. The predicted molar refractivity (Wildman–Crippen MR) is 54.2 cm³/mol. The lowest BCUT2D eigenvalue weighted by Gasteiger charge is -1.94. The van der Waals surface area contributed by atoms with Gasteiger partial charge in [0.25, 0.3) is 0 Å². The minimum atomic E-state index is 0.560. The van der Waals surface area contributed by atoms with E-state index >= 15 is 0 Å². The number of para-hydroxylation sites is 1. The van der Waals surface area contributed by atoms with Gasteiger partial charge in [0.2, 0.25) is 0 Å². The molecule has 1 aromatic carbocycles. The van der Waals surface area contributed by atoms with Crippen molar-refractivity contribution in [3.8, 4) is 0 Å². The molecule has 0 aliphatic rings. The molecule has 0 radical (unpaired) electrons. The van der Waals surface area contributed by atoms with Crippen molar-refractivity contribution >= 4 is 17.0 Å². The Morgan fingerprint density at radius 3 is 3.23 bits per heavy atom. The lowest BCUT2D eigenvalue weighted by atomic mass is 10.1. The Balaban J connectivity index is 2.54. The van der Waals surface area contributed by atoms with E-state index in [0.717, 1.165) is 16.5 Å². The maximum absolute atomic E-state index is 5.38. The van der Waals surface area contributed by atoms with E-state index in [1.165, 1.54) is 0 Å². The second-order valence-corrected chi connectivity index (χ2v) is 2.82. The second-order valence-electron chi connectivity index (χ2n) is 2.82. The Bertz CT molecular complexity index is 428. The van der Waals surface area contributed by atoms with Crippen LogP contribution in [0.2, 0.25) is 0 Å². The summed E-state index contributed by atoms with van der Waals surface area (Å²) in [7, 11) is 0. The first-order valence-corrected chi connectivity index (χ1v) is 4.20. The van der Waals surface area contributed by atoms with Gasteiger partial charge in [-0.1, -0.05) is 30.4 Å². The molecule has 0 saturated carbocycles. The molecular weight excluding hydrogens is 162 g/mol. The number of nitrogens with one attached hydrogen (secondary N) is 1. The van der Waals surface area contributed by atoms with Crippen LogP contribution in [0.5, 0.6) is 0 Å². The van der Waals surface area contributed by atoms with Crippen LogP contribution < -0.4 is 5.73 Å². The van der Waals surface area contributed by atoms with Crippen LogP contribution in [0, 0.1) is 0 Å². The fourth-order valence-corrected chi connectivity index (χ4v) is 1.33. The highest BCUT2D eigenvalue weighted by molar-refractivity contribution is 5.86. The number of aromatic nitrogens is 2.